The largest absolute Gasteiger partial charge is 0.382 e. The van der Waals surface area contributed by atoms with Gasteiger partial charge in [-0.2, -0.15) is 0 Å². The molecular weight excluding hydrogens is 260 g/mol. The minimum absolute atomic E-state index is 0.0150. The van der Waals surface area contributed by atoms with Crippen molar-refractivity contribution in [3.8, 4) is 0 Å². The molecule has 0 bridgehead atoms. The highest BCUT2D eigenvalue weighted by molar-refractivity contribution is 7.18. The number of nitrogens with two attached hydrogens (primary N) is 1. The van der Waals surface area contributed by atoms with E-state index in [0.717, 1.165) is 18.2 Å². The number of carbonyl (C=O) groups excluding carboxylic acids is 1. The molecule has 5 nitrogen and oxygen atoms in total. The van der Waals surface area contributed by atoms with E-state index >= 15 is 0 Å². The number of thiazole rings is 1. The average Bonchev–Trinajstić information content (AvgIpc) is 3.08. The van der Waals surface area contributed by atoms with Crippen LogP contribution in [-0.4, -0.2) is 34.9 Å². The molecular formula is C13H22N4OS. The molecule has 1 aromatic rings. The van der Waals surface area contributed by atoms with Crippen molar-refractivity contribution in [2.45, 2.75) is 39.7 Å². The Balaban J connectivity index is 2.10. The van der Waals surface area contributed by atoms with Crippen molar-refractivity contribution in [2.75, 3.05) is 24.1 Å². The second-order valence-corrected chi connectivity index (χ2v) is 6.32. The highest BCUT2D eigenvalue weighted by atomic mass is 32.1. The van der Waals surface area contributed by atoms with E-state index in [2.05, 4.69) is 10.3 Å². The number of nitrogens with zero attached hydrogens (tertiary/aromatic N) is 2. The van der Waals surface area contributed by atoms with Gasteiger partial charge in [-0.15, -0.1) is 0 Å². The Morgan fingerprint density at radius 2 is 2.26 bits per heavy atom. The number of anilines is 2. The Bertz CT molecular complexity index is 453. The highest BCUT2D eigenvalue weighted by Crippen LogP contribution is 2.32. The van der Waals surface area contributed by atoms with E-state index in [4.69, 9.17) is 5.73 Å². The number of rotatable bonds is 6. The summed E-state index contributed by atoms with van der Waals surface area (Å²) < 4.78 is 0. The van der Waals surface area contributed by atoms with Crippen molar-refractivity contribution in [1.82, 2.24) is 9.88 Å². The van der Waals surface area contributed by atoms with E-state index in [1.807, 2.05) is 25.7 Å². The molecule has 1 amide bonds. The molecule has 2 rings (SSSR count). The fourth-order valence-corrected chi connectivity index (χ4v) is 2.90. The zero-order valence-electron chi connectivity index (χ0n) is 11.8. The first kappa shape index (κ1) is 14.1. The summed E-state index contributed by atoms with van der Waals surface area (Å²) in [7, 11) is 0. The van der Waals surface area contributed by atoms with Crippen LogP contribution in [0.3, 0.4) is 0 Å². The Labute approximate surface area is 118 Å². The lowest BCUT2D eigenvalue weighted by atomic mass is 10.3. The molecule has 0 atom stereocenters. The van der Waals surface area contributed by atoms with Gasteiger partial charge in [0.15, 0.2) is 5.13 Å². The molecule has 1 fully saturated rings. The minimum atomic E-state index is 0.0150. The molecule has 3 N–H and O–H groups in total. The number of aromatic nitrogens is 1. The molecule has 1 aliphatic carbocycles. The van der Waals surface area contributed by atoms with Gasteiger partial charge in [0.25, 0.3) is 5.91 Å². The average molecular weight is 282 g/mol. The molecule has 106 valence electrons. The van der Waals surface area contributed by atoms with Crippen LogP contribution in [0.25, 0.3) is 0 Å². The van der Waals surface area contributed by atoms with Crippen LogP contribution in [-0.2, 0) is 0 Å². The lowest BCUT2D eigenvalue weighted by Gasteiger charge is -2.19. The fraction of sp³-hybridized carbons (Fsp3) is 0.692. The standard InChI is InChI=1S/C13H22N4OS/c1-4-17(7-9-5-6-9)12(18)10-11(14)16-13(19-10)15-8(2)3/h8-9H,4-7,14H2,1-3H3,(H,15,16). The Morgan fingerprint density at radius 3 is 2.79 bits per heavy atom. The number of hydrogen-bond donors (Lipinski definition) is 2. The maximum absolute atomic E-state index is 12.4. The van der Waals surface area contributed by atoms with Crippen molar-refractivity contribution in [3.05, 3.63) is 4.88 Å². The van der Waals surface area contributed by atoms with E-state index in [1.165, 1.54) is 24.2 Å². The molecule has 0 spiro atoms. The summed E-state index contributed by atoms with van der Waals surface area (Å²) in [6.45, 7) is 7.64. The Kier molecular flexibility index (Phi) is 4.29. The lowest BCUT2D eigenvalue weighted by Crippen LogP contribution is -2.32. The summed E-state index contributed by atoms with van der Waals surface area (Å²) >= 11 is 1.35. The summed E-state index contributed by atoms with van der Waals surface area (Å²) in [6, 6.07) is 0.280. The van der Waals surface area contributed by atoms with Crippen molar-refractivity contribution in [1.29, 1.82) is 0 Å². The molecule has 0 radical (unpaired) electrons. The zero-order valence-corrected chi connectivity index (χ0v) is 12.6. The van der Waals surface area contributed by atoms with Crippen LogP contribution in [0.5, 0.6) is 0 Å². The van der Waals surface area contributed by atoms with Crippen molar-refractivity contribution in [2.24, 2.45) is 5.92 Å². The van der Waals surface area contributed by atoms with Crippen LogP contribution >= 0.6 is 11.3 Å². The number of nitrogens with one attached hydrogen (secondary N) is 1. The van der Waals surface area contributed by atoms with Gasteiger partial charge in [-0.05, 0) is 39.5 Å². The quantitative estimate of drug-likeness (QED) is 0.840. The summed E-state index contributed by atoms with van der Waals surface area (Å²) in [5.41, 5.74) is 5.87. The maximum atomic E-state index is 12.4. The van der Waals surface area contributed by atoms with Crippen LogP contribution in [0.2, 0.25) is 0 Å². The minimum Gasteiger partial charge on any atom is -0.382 e. The maximum Gasteiger partial charge on any atom is 0.267 e. The van der Waals surface area contributed by atoms with Gasteiger partial charge in [-0.25, -0.2) is 4.98 Å². The van der Waals surface area contributed by atoms with Crippen molar-refractivity contribution in [3.63, 3.8) is 0 Å². The third-order valence-electron chi connectivity index (χ3n) is 3.10. The summed E-state index contributed by atoms with van der Waals surface area (Å²) in [5.74, 6) is 1.04. The van der Waals surface area contributed by atoms with Gasteiger partial charge in [-0.1, -0.05) is 11.3 Å². The molecule has 1 aromatic heterocycles. The van der Waals surface area contributed by atoms with Gasteiger partial charge >= 0.3 is 0 Å². The number of amides is 1. The normalized spacial score (nSPS) is 14.7. The van der Waals surface area contributed by atoms with Gasteiger partial charge in [0.05, 0.1) is 0 Å². The fourth-order valence-electron chi connectivity index (χ4n) is 1.91. The van der Waals surface area contributed by atoms with Gasteiger partial charge in [0, 0.05) is 19.1 Å². The smallest absolute Gasteiger partial charge is 0.267 e. The van der Waals surface area contributed by atoms with Crippen molar-refractivity contribution >= 4 is 28.2 Å². The second-order valence-electron chi connectivity index (χ2n) is 5.32. The predicted octanol–water partition coefficient (Wildman–Crippen LogP) is 2.42. The Morgan fingerprint density at radius 1 is 1.58 bits per heavy atom. The third-order valence-corrected chi connectivity index (χ3v) is 4.09. The Hall–Kier alpha value is -1.30. The molecule has 0 aromatic carbocycles. The summed E-state index contributed by atoms with van der Waals surface area (Å²) in [4.78, 5) is 19.1. The van der Waals surface area contributed by atoms with E-state index < -0.39 is 0 Å². The number of carbonyl (C=O) groups is 1. The SMILES string of the molecule is CCN(CC1CC1)C(=O)c1sc(NC(C)C)nc1N. The molecule has 0 aliphatic heterocycles. The van der Waals surface area contributed by atoms with Crippen LogP contribution in [0.1, 0.15) is 43.3 Å². The number of hydrogen-bond acceptors (Lipinski definition) is 5. The second kappa shape index (κ2) is 5.77. The van der Waals surface area contributed by atoms with Crippen LogP contribution in [0.15, 0.2) is 0 Å². The van der Waals surface area contributed by atoms with Crippen LogP contribution < -0.4 is 11.1 Å². The van der Waals surface area contributed by atoms with E-state index in [1.54, 1.807) is 0 Å². The van der Waals surface area contributed by atoms with Gasteiger partial charge < -0.3 is 16.0 Å². The van der Waals surface area contributed by atoms with E-state index in [-0.39, 0.29) is 11.9 Å². The van der Waals surface area contributed by atoms with Gasteiger partial charge in [-0.3, -0.25) is 4.79 Å². The third kappa shape index (κ3) is 3.59. The molecule has 0 unspecified atom stereocenters. The van der Waals surface area contributed by atoms with Gasteiger partial charge in [0.2, 0.25) is 0 Å². The topological polar surface area (TPSA) is 71.2 Å². The van der Waals surface area contributed by atoms with Crippen molar-refractivity contribution < 1.29 is 4.79 Å². The first-order valence-corrected chi connectivity index (χ1v) is 7.65. The predicted molar refractivity (Wildman–Crippen MR) is 79.6 cm³/mol. The molecule has 1 aliphatic rings. The van der Waals surface area contributed by atoms with E-state index in [0.29, 0.717) is 16.6 Å². The van der Waals surface area contributed by atoms with E-state index in [9.17, 15) is 4.79 Å². The van der Waals surface area contributed by atoms with Crippen LogP contribution in [0.4, 0.5) is 10.9 Å². The van der Waals surface area contributed by atoms with Crippen LogP contribution in [0, 0.1) is 5.92 Å². The summed E-state index contributed by atoms with van der Waals surface area (Å²) in [5, 5.41) is 3.91. The first-order chi connectivity index (χ1) is 9.01. The molecule has 6 heteroatoms. The molecule has 0 saturated heterocycles. The number of nitrogen functional groups attached to an aromatic ring is 1. The lowest BCUT2D eigenvalue weighted by molar-refractivity contribution is 0.0762. The molecule has 1 saturated carbocycles. The summed E-state index contributed by atoms with van der Waals surface area (Å²) in [6.07, 6.45) is 2.48. The monoisotopic (exact) mass is 282 g/mol. The molecule has 1 heterocycles. The zero-order chi connectivity index (χ0) is 14.0. The van der Waals surface area contributed by atoms with Gasteiger partial charge in [0.1, 0.15) is 10.7 Å². The molecule has 19 heavy (non-hydrogen) atoms. The highest BCUT2D eigenvalue weighted by Gasteiger charge is 2.28. The first-order valence-electron chi connectivity index (χ1n) is 6.83.